The Kier molecular flexibility index (Phi) is 5.24. The summed E-state index contributed by atoms with van der Waals surface area (Å²) in [5.41, 5.74) is 0.657. The van der Waals surface area contributed by atoms with Crippen LogP contribution < -0.4 is 10.6 Å². The van der Waals surface area contributed by atoms with Crippen molar-refractivity contribution in [3.8, 4) is 0 Å². The smallest absolute Gasteiger partial charge is 0.268 e. The Morgan fingerprint density at radius 3 is 2.95 bits per heavy atom. The number of hydrogen-bond acceptors (Lipinski definition) is 3. The number of rotatable bonds is 8. The van der Waals surface area contributed by atoms with Gasteiger partial charge in [0.15, 0.2) is 0 Å². The van der Waals surface area contributed by atoms with Gasteiger partial charge in [0.05, 0.1) is 11.6 Å². The predicted octanol–water partition coefficient (Wildman–Crippen LogP) is 1.44. The molecule has 1 aromatic rings. The van der Waals surface area contributed by atoms with Crippen molar-refractivity contribution >= 4 is 17.5 Å². The van der Waals surface area contributed by atoms with Crippen LogP contribution in [0.3, 0.4) is 0 Å². The average molecular weight is 286 g/mol. The zero-order valence-electron chi connectivity index (χ0n) is 11.1. The fourth-order valence-electron chi connectivity index (χ4n) is 1.94. The van der Waals surface area contributed by atoms with Gasteiger partial charge in [-0.2, -0.15) is 0 Å². The highest BCUT2D eigenvalue weighted by atomic mass is 35.5. The molecule has 2 rings (SSSR count). The Balaban J connectivity index is 1.76. The van der Waals surface area contributed by atoms with Crippen molar-refractivity contribution in [3.63, 3.8) is 0 Å². The first-order valence-corrected chi connectivity index (χ1v) is 6.95. The van der Waals surface area contributed by atoms with Crippen molar-refractivity contribution in [2.45, 2.75) is 18.9 Å². The van der Waals surface area contributed by atoms with E-state index < -0.39 is 0 Å². The Hall–Kier alpha value is -1.04. The predicted molar refractivity (Wildman–Crippen MR) is 74.8 cm³/mol. The maximum absolute atomic E-state index is 12.1. The lowest BCUT2D eigenvalue weighted by Gasteiger charge is -2.09. The fraction of sp³-hybridized carbons (Fsp3) is 0.615. The van der Waals surface area contributed by atoms with E-state index in [0.29, 0.717) is 29.9 Å². The minimum atomic E-state index is -0.0626. The second-order valence-electron chi connectivity index (χ2n) is 4.68. The van der Waals surface area contributed by atoms with Crippen molar-refractivity contribution in [2.75, 3.05) is 33.4 Å². The van der Waals surface area contributed by atoms with Crippen molar-refractivity contribution in [1.29, 1.82) is 0 Å². The zero-order chi connectivity index (χ0) is 13.7. The normalized spacial score (nSPS) is 14.6. The lowest BCUT2D eigenvalue weighted by Crippen LogP contribution is -2.33. The van der Waals surface area contributed by atoms with Crippen LogP contribution in [-0.4, -0.2) is 43.8 Å². The van der Waals surface area contributed by atoms with Crippen LogP contribution in [0.15, 0.2) is 12.3 Å². The average Bonchev–Trinajstić information content (AvgIpc) is 3.16. The third kappa shape index (κ3) is 4.23. The maximum atomic E-state index is 12.1. The van der Waals surface area contributed by atoms with Crippen LogP contribution in [0, 0.1) is 0 Å². The van der Waals surface area contributed by atoms with E-state index in [1.807, 2.05) is 10.8 Å². The summed E-state index contributed by atoms with van der Waals surface area (Å²) in [6.07, 6.45) is 4.10. The number of halogens is 1. The van der Waals surface area contributed by atoms with Gasteiger partial charge in [-0.15, -0.1) is 0 Å². The number of hydrogen-bond donors (Lipinski definition) is 2. The van der Waals surface area contributed by atoms with Crippen LogP contribution in [0.4, 0.5) is 0 Å². The van der Waals surface area contributed by atoms with Crippen LogP contribution >= 0.6 is 11.6 Å². The molecule has 0 bridgehead atoms. The van der Waals surface area contributed by atoms with E-state index >= 15 is 0 Å². The molecule has 1 aliphatic rings. The third-order valence-corrected chi connectivity index (χ3v) is 3.27. The van der Waals surface area contributed by atoms with E-state index in [1.54, 1.807) is 13.2 Å². The minimum absolute atomic E-state index is 0.0626. The molecule has 19 heavy (non-hydrogen) atoms. The largest absolute Gasteiger partial charge is 0.383 e. The second-order valence-corrected chi connectivity index (χ2v) is 5.12. The van der Waals surface area contributed by atoms with Gasteiger partial charge in [-0.1, -0.05) is 11.6 Å². The fourth-order valence-corrected chi connectivity index (χ4v) is 2.15. The summed E-state index contributed by atoms with van der Waals surface area (Å²) in [6, 6.07) is 2.18. The monoisotopic (exact) mass is 285 g/mol. The molecule has 1 fully saturated rings. The molecular weight excluding hydrogens is 266 g/mol. The zero-order valence-corrected chi connectivity index (χ0v) is 11.9. The molecule has 0 aliphatic heterocycles. The first-order valence-electron chi connectivity index (χ1n) is 6.57. The van der Waals surface area contributed by atoms with Crippen molar-refractivity contribution < 1.29 is 9.53 Å². The van der Waals surface area contributed by atoms with Crippen LogP contribution in [0.2, 0.25) is 5.02 Å². The molecule has 5 nitrogen and oxygen atoms in total. The van der Waals surface area contributed by atoms with Gasteiger partial charge in [-0.05, 0) is 18.9 Å². The molecule has 2 N–H and O–H groups in total. The standard InChI is InChI=1S/C13H20ClN3O2/c1-19-7-6-15-4-5-16-13(18)12-8-10(14)9-17(12)11-2-3-11/h8-9,11,15H,2-7H2,1H3,(H,16,18). The molecule has 0 unspecified atom stereocenters. The lowest BCUT2D eigenvalue weighted by molar-refractivity contribution is 0.0944. The van der Waals surface area contributed by atoms with Gasteiger partial charge in [0.1, 0.15) is 5.69 Å². The summed E-state index contributed by atoms with van der Waals surface area (Å²) in [5.74, 6) is -0.0626. The quantitative estimate of drug-likeness (QED) is 0.711. The Morgan fingerprint density at radius 1 is 1.47 bits per heavy atom. The Morgan fingerprint density at radius 2 is 2.26 bits per heavy atom. The van der Waals surface area contributed by atoms with Gasteiger partial charge in [0.2, 0.25) is 0 Å². The Labute approximate surface area is 118 Å². The van der Waals surface area contributed by atoms with Crippen LogP contribution in [0.25, 0.3) is 0 Å². The van der Waals surface area contributed by atoms with Crippen molar-refractivity contribution in [2.24, 2.45) is 0 Å². The summed E-state index contributed by atoms with van der Waals surface area (Å²) < 4.78 is 6.90. The number of ether oxygens (including phenoxy) is 1. The highest BCUT2D eigenvalue weighted by Crippen LogP contribution is 2.37. The van der Waals surface area contributed by atoms with Crippen LogP contribution in [-0.2, 0) is 4.74 Å². The topological polar surface area (TPSA) is 55.3 Å². The number of nitrogens with zero attached hydrogens (tertiary/aromatic N) is 1. The van der Waals surface area contributed by atoms with Gasteiger partial charge >= 0.3 is 0 Å². The molecule has 0 saturated heterocycles. The third-order valence-electron chi connectivity index (χ3n) is 3.06. The van der Waals surface area contributed by atoms with E-state index in [9.17, 15) is 4.79 Å². The maximum Gasteiger partial charge on any atom is 0.268 e. The second kappa shape index (κ2) is 6.93. The number of carbonyl (C=O) groups is 1. The van der Waals surface area contributed by atoms with E-state index in [2.05, 4.69) is 10.6 Å². The van der Waals surface area contributed by atoms with E-state index in [1.165, 1.54) is 0 Å². The van der Waals surface area contributed by atoms with Gasteiger partial charge in [-0.3, -0.25) is 4.79 Å². The summed E-state index contributed by atoms with van der Waals surface area (Å²) in [6.45, 7) is 2.79. The molecule has 106 valence electrons. The summed E-state index contributed by atoms with van der Waals surface area (Å²) >= 11 is 5.97. The first kappa shape index (κ1) is 14.4. The van der Waals surface area contributed by atoms with Gasteiger partial charge in [0, 0.05) is 39.0 Å². The molecule has 1 saturated carbocycles. The SMILES string of the molecule is COCCNCCNC(=O)c1cc(Cl)cn1C1CC1. The molecule has 1 amide bonds. The van der Waals surface area contributed by atoms with Crippen molar-refractivity contribution in [3.05, 3.63) is 23.0 Å². The van der Waals surface area contributed by atoms with Gasteiger partial charge < -0.3 is 19.9 Å². The number of aromatic nitrogens is 1. The lowest BCUT2D eigenvalue weighted by atomic mass is 10.4. The number of methoxy groups -OCH3 is 1. The minimum Gasteiger partial charge on any atom is -0.383 e. The molecule has 1 heterocycles. The first-order chi connectivity index (χ1) is 9.22. The van der Waals surface area contributed by atoms with Crippen LogP contribution in [0.1, 0.15) is 29.4 Å². The highest BCUT2D eigenvalue weighted by Gasteiger charge is 2.27. The molecule has 6 heteroatoms. The van der Waals surface area contributed by atoms with Crippen LogP contribution in [0.5, 0.6) is 0 Å². The summed E-state index contributed by atoms with van der Waals surface area (Å²) in [4.78, 5) is 12.1. The molecule has 1 aliphatic carbocycles. The van der Waals surface area contributed by atoms with E-state index in [0.717, 1.165) is 25.9 Å². The summed E-state index contributed by atoms with van der Waals surface area (Å²) in [7, 11) is 1.67. The molecular formula is C13H20ClN3O2. The number of nitrogens with one attached hydrogen (secondary N) is 2. The highest BCUT2D eigenvalue weighted by molar-refractivity contribution is 6.31. The molecule has 0 aromatic carbocycles. The summed E-state index contributed by atoms with van der Waals surface area (Å²) in [5, 5.41) is 6.69. The number of amides is 1. The molecule has 0 spiro atoms. The Bertz CT molecular complexity index is 430. The van der Waals surface area contributed by atoms with Crippen molar-refractivity contribution in [1.82, 2.24) is 15.2 Å². The van der Waals surface area contributed by atoms with E-state index in [-0.39, 0.29) is 5.91 Å². The van der Waals surface area contributed by atoms with E-state index in [4.69, 9.17) is 16.3 Å². The molecule has 1 aromatic heterocycles. The molecule has 0 atom stereocenters. The molecule has 0 radical (unpaired) electrons. The number of carbonyl (C=O) groups excluding carboxylic acids is 1. The van der Waals surface area contributed by atoms with Gasteiger partial charge in [0.25, 0.3) is 5.91 Å². The van der Waals surface area contributed by atoms with Gasteiger partial charge in [-0.25, -0.2) is 0 Å².